The highest BCUT2D eigenvalue weighted by Gasteiger charge is 2.09. The first-order valence-corrected chi connectivity index (χ1v) is 9.06. The van der Waals surface area contributed by atoms with Crippen molar-refractivity contribution in [3.05, 3.63) is 30.3 Å². The molecule has 0 saturated carbocycles. The monoisotopic (exact) mass is 462 g/mol. The normalized spacial score (nSPS) is 12.2. The lowest BCUT2D eigenvalue weighted by Gasteiger charge is -2.26. The van der Waals surface area contributed by atoms with Gasteiger partial charge < -0.3 is 20.3 Å². The van der Waals surface area contributed by atoms with Crippen molar-refractivity contribution in [2.45, 2.75) is 39.7 Å². The van der Waals surface area contributed by atoms with Crippen LogP contribution in [-0.2, 0) is 4.74 Å². The van der Waals surface area contributed by atoms with Crippen LogP contribution in [0.5, 0.6) is 0 Å². The molecule has 0 spiro atoms. The fourth-order valence-corrected chi connectivity index (χ4v) is 2.29. The van der Waals surface area contributed by atoms with Crippen molar-refractivity contribution in [2.24, 2.45) is 4.99 Å². The minimum atomic E-state index is 0. The molecule has 1 aromatic carbocycles. The van der Waals surface area contributed by atoms with Crippen molar-refractivity contribution in [1.29, 1.82) is 0 Å². The van der Waals surface area contributed by atoms with Crippen molar-refractivity contribution in [3.8, 4) is 0 Å². The number of anilines is 1. The highest BCUT2D eigenvalue weighted by Crippen LogP contribution is 2.13. The second kappa shape index (κ2) is 15.3. The van der Waals surface area contributed by atoms with Crippen LogP contribution in [0.1, 0.15) is 33.6 Å². The lowest BCUT2D eigenvalue weighted by atomic mass is 10.2. The standard InChI is InChI=1S/C19H34N4O.HI/c1-5-20-19(21-14-10-11-15-24-6-2)22-16-17(3)23(4)18-12-8-7-9-13-18;/h7-9,12-13,17H,5-6,10-11,14-16H2,1-4H3,(H2,20,21,22);1H. The maximum atomic E-state index is 5.36. The molecule has 6 heteroatoms. The van der Waals surface area contributed by atoms with Gasteiger partial charge in [-0.15, -0.1) is 24.0 Å². The second-order valence-corrected chi connectivity index (χ2v) is 5.85. The summed E-state index contributed by atoms with van der Waals surface area (Å²) in [5.41, 5.74) is 1.22. The number of rotatable bonds is 11. The topological polar surface area (TPSA) is 48.9 Å². The van der Waals surface area contributed by atoms with Crippen LogP contribution < -0.4 is 15.5 Å². The van der Waals surface area contributed by atoms with Crippen molar-refractivity contribution in [3.63, 3.8) is 0 Å². The average molecular weight is 462 g/mol. The van der Waals surface area contributed by atoms with E-state index < -0.39 is 0 Å². The van der Waals surface area contributed by atoms with E-state index in [2.05, 4.69) is 60.7 Å². The third kappa shape index (κ3) is 10.5. The summed E-state index contributed by atoms with van der Waals surface area (Å²) in [6, 6.07) is 10.8. The largest absolute Gasteiger partial charge is 0.382 e. The van der Waals surface area contributed by atoms with E-state index >= 15 is 0 Å². The highest BCUT2D eigenvalue weighted by molar-refractivity contribution is 14.0. The van der Waals surface area contributed by atoms with Crippen molar-refractivity contribution in [2.75, 3.05) is 44.8 Å². The quantitative estimate of drug-likeness (QED) is 0.229. The van der Waals surface area contributed by atoms with Gasteiger partial charge in [-0.25, -0.2) is 0 Å². The minimum Gasteiger partial charge on any atom is -0.382 e. The Morgan fingerprint density at radius 2 is 1.88 bits per heavy atom. The second-order valence-electron chi connectivity index (χ2n) is 5.85. The van der Waals surface area contributed by atoms with E-state index in [1.807, 2.05) is 13.0 Å². The van der Waals surface area contributed by atoms with Crippen molar-refractivity contribution < 1.29 is 4.74 Å². The van der Waals surface area contributed by atoms with E-state index in [4.69, 9.17) is 9.73 Å². The van der Waals surface area contributed by atoms with Crippen LogP contribution in [0.15, 0.2) is 35.3 Å². The van der Waals surface area contributed by atoms with Gasteiger partial charge in [0.2, 0.25) is 0 Å². The van der Waals surface area contributed by atoms with Gasteiger partial charge in [0.15, 0.2) is 5.96 Å². The molecule has 0 radical (unpaired) electrons. The smallest absolute Gasteiger partial charge is 0.191 e. The summed E-state index contributed by atoms with van der Waals surface area (Å²) >= 11 is 0. The summed E-state index contributed by atoms with van der Waals surface area (Å²) in [5, 5.41) is 6.70. The summed E-state index contributed by atoms with van der Waals surface area (Å²) in [6.45, 7) is 10.5. The molecule has 2 N–H and O–H groups in total. The third-order valence-electron chi connectivity index (χ3n) is 3.89. The zero-order chi connectivity index (χ0) is 17.6. The fraction of sp³-hybridized carbons (Fsp3) is 0.632. The molecule has 1 rings (SSSR count). The molecule has 0 fully saturated rings. The number of nitrogens with one attached hydrogen (secondary N) is 2. The number of ether oxygens (including phenoxy) is 1. The van der Waals surface area contributed by atoms with E-state index in [0.29, 0.717) is 6.04 Å². The lowest BCUT2D eigenvalue weighted by molar-refractivity contribution is 0.143. The predicted molar refractivity (Wildman–Crippen MR) is 119 cm³/mol. The molecule has 0 saturated heterocycles. The number of guanidine groups is 1. The molecule has 0 heterocycles. The molecule has 0 aliphatic carbocycles. The van der Waals surface area contributed by atoms with E-state index in [0.717, 1.165) is 51.6 Å². The number of halogens is 1. The van der Waals surface area contributed by atoms with Gasteiger partial charge in [0.25, 0.3) is 0 Å². The summed E-state index contributed by atoms with van der Waals surface area (Å²) < 4.78 is 5.36. The number of unbranched alkanes of at least 4 members (excludes halogenated alkanes) is 1. The van der Waals surface area contributed by atoms with Gasteiger partial charge in [0.1, 0.15) is 0 Å². The van der Waals surface area contributed by atoms with Crippen LogP contribution in [0.2, 0.25) is 0 Å². The molecule has 1 aromatic rings. The maximum Gasteiger partial charge on any atom is 0.191 e. The SMILES string of the molecule is CCNC(=NCC(C)N(C)c1ccccc1)NCCCCOCC.I. The Morgan fingerprint density at radius 1 is 1.16 bits per heavy atom. The zero-order valence-electron chi connectivity index (χ0n) is 16.1. The summed E-state index contributed by atoms with van der Waals surface area (Å²) in [5.74, 6) is 0.891. The average Bonchev–Trinajstić information content (AvgIpc) is 2.62. The molecular formula is C19H35IN4O. The Balaban J connectivity index is 0.00000576. The molecule has 144 valence electrons. The van der Waals surface area contributed by atoms with Crippen LogP contribution >= 0.6 is 24.0 Å². The molecule has 0 aliphatic heterocycles. The number of nitrogens with zero attached hydrogens (tertiary/aromatic N) is 2. The van der Waals surface area contributed by atoms with Gasteiger partial charge in [0, 0.05) is 45.1 Å². The Kier molecular flexibility index (Phi) is 14.6. The lowest BCUT2D eigenvalue weighted by Crippen LogP contribution is -2.39. The van der Waals surface area contributed by atoms with E-state index in [9.17, 15) is 0 Å². The van der Waals surface area contributed by atoms with Gasteiger partial charge in [-0.2, -0.15) is 0 Å². The van der Waals surface area contributed by atoms with Gasteiger partial charge in [0.05, 0.1) is 6.54 Å². The van der Waals surface area contributed by atoms with Crippen LogP contribution in [-0.4, -0.2) is 51.9 Å². The predicted octanol–water partition coefficient (Wildman–Crippen LogP) is 3.50. The minimum absolute atomic E-state index is 0. The van der Waals surface area contributed by atoms with Crippen LogP contribution in [0, 0.1) is 0 Å². The molecule has 0 aromatic heterocycles. The van der Waals surface area contributed by atoms with Crippen molar-refractivity contribution in [1.82, 2.24) is 10.6 Å². The number of benzene rings is 1. The third-order valence-corrected chi connectivity index (χ3v) is 3.89. The number of aliphatic imine (C=N–C) groups is 1. The Labute approximate surface area is 170 Å². The summed E-state index contributed by atoms with van der Waals surface area (Å²) in [7, 11) is 2.11. The van der Waals surface area contributed by atoms with Gasteiger partial charge in [-0.3, -0.25) is 4.99 Å². The highest BCUT2D eigenvalue weighted by atomic mass is 127. The first-order valence-electron chi connectivity index (χ1n) is 9.06. The first kappa shape index (κ1) is 24.0. The number of likely N-dealkylation sites (N-methyl/N-ethyl adjacent to an activating group) is 1. The molecule has 0 aliphatic rings. The van der Waals surface area contributed by atoms with E-state index in [1.165, 1.54) is 5.69 Å². The molecule has 0 bridgehead atoms. The molecule has 0 amide bonds. The van der Waals surface area contributed by atoms with Crippen molar-refractivity contribution >= 4 is 35.6 Å². The number of para-hydroxylation sites is 1. The molecule has 25 heavy (non-hydrogen) atoms. The van der Waals surface area contributed by atoms with Gasteiger partial charge >= 0.3 is 0 Å². The fourth-order valence-electron chi connectivity index (χ4n) is 2.29. The summed E-state index contributed by atoms with van der Waals surface area (Å²) in [4.78, 5) is 6.97. The Hall–Kier alpha value is -1.02. The van der Waals surface area contributed by atoms with Crippen LogP contribution in [0.3, 0.4) is 0 Å². The van der Waals surface area contributed by atoms with Gasteiger partial charge in [-0.1, -0.05) is 18.2 Å². The Bertz CT molecular complexity index is 456. The Morgan fingerprint density at radius 3 is 2.52 bits per heavy atom. The van der Waals surface area contributed by atoms with E-state index in [-0.39, 0.29) is 24.0 Å². The number of hydrogen-bond donors (Lipinski definition) is 2. The van der Waals surface area contributed by atoms with Crippen LogP contribution in [0.4, 0.5) is 5.69 Å². The zero-order valence-corrected chi connectivity index (χ0v) is 18.5. The molecule has 5 nitrogen and oxygen atoms in total. The maximum absolute atomic E-state index is 5.36. The summed E-state index contributed by atoms with van der Waals surface area (Å²) in [6.07, 6.45) is 2.16. The molecular weight excluding hydrogens is 427 g/mol. The molecule has 1 atom stereocenters. The van der Waals surface area contributed by atoms with Gasteiger partial charge in [-0.05, 0) is 45.7 Å². The number of hydrogen-bond acceptors (Lipinski definition) is 3. The first-order chi connectivity index (χ1) is 11.7. The molecule has 1 unspecified atom stereocenters. The van der Waals surface area contributed by atoms with Crippen LogP contribution in [0.25, 0.3) is 0 Å². The van der Waals surface area contributed by atoms with E-state index in [1.54, 1.807) is 0 Å².